The van der Waals surface area contributed by atoms with Gasteiger partial charge in [-0.25, -0.2) is 0 Å². The highest BCUT2D eigenvalue weighted by Gasteiger charge is 2.12. The van der Waals surface area contributed by atoms with E-state index in [4.69, 9.17) is 4.74 Å². The average Bonchev–Trinajstić information content (AvgIpc) is 2.39. The van der Waals surface area contributed by atoms with Gasteiger partial charge in [-0.15, -0.1) is 0 Å². The van der Waals surface area contributed by atoms with Gasteiger partial charge in [-0.3, -0.25) is 0 Å². The lowest BCUT2D eigenvalue weighted by Gasteiger charge is -2.23. The Labute approximate surface area is 107 Å². The van der Waals surface area contributed by atoms with Crippen LogP contribution in [0.1, 0.15) is 46.0 Å². The van der Waals surface area contributed by atoms with Crippen LogP contribution in [0.5, 0.6) is 0 Å². The predicted octanol–water partition coefficient (Wildman–Crippen LogP) is 2.17. The second kappa shape index (κ2) is 9.86. The van der Waals surface area contributed by atoms with Crippen molar-refractivity contribution in [1.29, 1.82) is 0 Å². The highest BCUT2D eigenvalue weighted by atomic mass is 16.5. The Kier molecular flexibility index (Phi) is 8.67. The first-order valence-electron chi connectivity index (χ1n) is 7.39. The summed E-state index contributed by atoms with van der Waals surface area (Å²) in [7, 11) is 0. The summed E-state index contributed by atoms with van der Waals surface area (Å²) < 4.78 is 5.86. The molecule has 0 aromatic carbocycles. The zero-order chi connectivity index (χ0) is 12.3. The predicted molar refractivity (Wildman–Crippen MR) is 73.4 cm³/mol. The molecule has 17 heavy (non-hydrogen) atoms. The molecular weight excluding hydrogens is 212 g/mol. The maximum absolute atomic E-state index is 5.86. The Hall–Kier alpha value is -0.120. The van der Waals surface area contributed by atoms with Crippen LogP contribution in [-0.2, 0) is 4.74 Å². The van der Waals surface area contributed by atoms with Crippen LogP contribution < -0.4 is 10.6 Å². The first-order chi connectivity index (χ1) is 8.36. The summed E-state index contributed by atoms with van der Waals surface area (Å²) in [6.07, 6.45) is 6.59. The minimum atomic E-state index is 0.510. The molecule has 0 bridgehead atoms. The first-order valence-corrected chi connectivity index (χ1v) is 7.39. The highest BCUT2D eigenvalue weighted by molar-refractivity contribution is 4.68. The van der Waals surface area contributed by atoms with Crippen molar-refractivity contribution in [2.24, 2.45) is 5.92 Å². The summed E-state index contributed by atoms with van der Waals surface area (Å²) in [6, 6.07) is 0. The summed E-state index contributed by atoms with van der Waals surface area (Å²) in [5.41, 5.74) is 0. The molecule has 0 atom stereocenters. The van der Waals surface area contributed by atoms with Crippen LogP contribution >= 0.6 is 0 Å². The fraction of sp³-hybridized carbons (Fsp3) is 1.00. The summed E-state index contributed by atoms with van der Waals surface area (Å²) in [5, 5.41) is 6.89. The van der Waals surface area contributed by atoms with E-state index >= 15 is 0 Å². The van der Waals surface area contributed by atoms with Gasteiger partial charge in [0.05, 0.1) is 6.10 Å². The fourth-order valence-electron chi connectivity index (χ4n) is 2.29. The molecule has 0 aromatic heterocycles. The van der Waals surface area contributed by atoms with Crippen molar-refractivity contribution in [3.05, 3.63) is 0 Å². The van der Waals surface area contributed by atoms with E-state index in [-0.39, 0.29) is 0 Å². The third kappa shape index (κ3) is 7.02. The van der Waals surface area contributed by atoms with Gasteiger partial charge in [0.25, 0.3) is 0 Å². The summed E-state index contributed by atoms with van der Waals surface area (Å²) >= 11 is 0. The number of hydrogen-bond donors (Lipinski definition) is 2. The molecule has 0 amide bonds. The van der Waals surface area contributed by atoms with E-state index in [0.717, 1.165) is 38.6 Å². The van der Waals surface area contributed by atoms with Crippen molar-refractivity contribution in [2.45, 2.75) is 52.1 Å². The van der Waals surface area contributed by atoms with E-state index in [1.807, 2.05) is 0 Å². The molecule has 102 valence electrons. The first kappa shape index (κ1) is 14.9. The minimum Gasteiger partial charge on any atom is -0.378 e. The van der Waals surface area contributed by atoms with E-state index in [9.17, 15) is 0 Å². The van der Waals surface area contributed by atoms with Crippen molar-refractivity contribution in [3.63, 3.8) is 0 Å². The van der Waals surface area contributed by atoms with Crippen molar-refractivity contribution in [1.82, 2.24) is 10.6 Å². The van der Waals surface area contributed by atoms with Gasteiger partial charge in [0.1, 0.15) is 0 Å². The van der Waals surface area contributed by atoms with Crippen LogP contribution in [0.4, 0.5) is 0 Å². The van der Waals surface area contributed by atoms with Crippen LogP contribution in [0.2, 0.25) is 0 Å². The summed E-state index contributed by atoms with van der Waals surface area (Å²) in [6.45, 7) is 9.98. The molecule has 1 saturated heterocycles. The maximum Gasteiger partial charge on any atom is 0.0599 e. The third-order valence-corrected chi connectivity index (χ3v) is 3.73. The van der Waals surface area contributed by atoms with Gasteiger partial charge in [-0.05, 0) is 51.4 Å². The topological polar surface area (TPSA) is 33.3 Å². The van der Waals surface area contributed by atoms with Gasteiger partial charge in [0.2, 0.25) is 0 Å². The standard InChI is InChI=1S/C14H30N2O/c1-3-13(4-2)12-16-8-5-11-17-14-6-9-15-10-7-14/h13-16H,3-12H2,1-2H3. The van der Waals surface area contributed by atoms with Gasteiger partial charge < -0.3 is 15.4 Å². The second-order valence-electron chi connectivity index (χ2n) is 5.06. The zero-order valence-electron chi connectivity index (χ0n) is 11.6. The normalized spacial score (nSPS) is 17.8. The maximum atomic E-state index is 5.86. The van der Waals surface area contributed by atoms with Crippen LogP contribution in [0.3, 0.4) is 0 Å². The van der Waals surface area contributed by atoms with Crippen LogP contribution in [0, 0.1) is 5.92 Å². The van der Waals surface area contributed by atoms with E-state index in [2.05, 4.69) is 24.5 Å². The molecule has 1 aliphatic heterocycles. The lowest BCUT2D eigenvalue weighted by molar-refractivity contribution is 0.0317. The summed E-state index contributed by atoms with van der Waals surface area (Å²) in [5.74, 6) is 0.848. The van der Waals surface area contributed by atoms with Crippen LogP contribution in [0.25, 0.3) is 0 Å². The molecular formula is C14H30N2O. The number of piperidine rings is 1. The number of nitrogens with one attached hydrogen (secondary N) is 2. The molecule has 3 heteroatoms. The van der Waals surface area contributed by atoms with E-state index in [0.29, 0.717) is 6.10 Å². The lowest BCUT2D eigenvalue weighted by Crippen LogP contribution is -2.33. The quantitative estimate of drug-likeness (QED) is 0.608. The van der Waals surface area contributed by atoms with Gasteiger partial charge in [0.15, 0.2) is 0 Å². The Morgan fingerprint density at radius 1 is 1.24 bits per heavy atom. The fourth-order valence-corrected chi connectivity index (χ4v) is 2.29. The molecule has 3 nitrogen and oxygen atoms in total. The van der Waals surface area contributed by atoms with Crippen molar-refractivity contribution in [3.8, 4) is 0 Å². The third-order valence-electron chi connectivity index (χ3n) is 3.73. The highest BCUT2D eigenvalue weighted by Crippen LogP contribution is 2.07. The molecule has 0 aliphatic carbocycles. The molecule has 1 aliphatic rings. The van der Waals surface area contributed by atoms with Gasteiger partial charge >= 0.3 is 0 Å². The molecule has 0 saturated carbocycles. The van der Waals surface area contributed by atoms with Gasteiger partial charge in [-0.2, -0.15) is 0 Å². The van der Waals surface area contributed by atoms with Gasteiger partial charge in [-0.1, -0.05) is 26.7 Å². The number of rotatable bonds is 9. The minimum absolute atomic E-state index is 0.510. The van der Waals surface area contributed by atoms with Crippen molar-refractivity contribution in [2.75, 3.05) is 32.8 Å². The Bertz CT molecular complexity index is 166. The van der Waals surface area contributed by atoms with E-state index in [1.54, 1.807) is 0 Å². The molecule has 0 unspecified atom stereocenters. The molecule has 2 N–H and O–H groups in total. The molecule has 0 aromatic rings. The second-order valence-corrected chi connectivity index (χ2v) is 5.06. The largest absolute Gasteiger partial charge is 0.378 e. The van der Waals surface area contributed by atoms with Crippen LogP contribution in [0.15, 0.2) is 0 Å². The van der Waals surface area contributed by atoms with Gasteiger partial charge in [0, 0.05) is 6.61 Å². The van der Waals surface area contributed by atoms with E-state index in [1.165, 1.54) is 32.2 Å². The van der Waals surface area contributed by atoms with Crippen molar-refractivity contribution >= 4 is 0 Å². The average molecular weight is 242 g/mol. The monoisotopic (exact) mass is 242 g/mol. The molecule has 1 fully saturated rings. The Balaban J connectivity index is 1.86. The Morgan fingerprint density at radius 2 is 1.94 bits per heavy atom. The zero-order valence-corrected chi connectivity index (χ0v) is 11.6. The van der Waals surface area contributed by atoms with Crippen LogP contribution in [-0.4, -0.2) is 38.9 Å². The molecule has 0 radical (unpaired) electrons. The lowest BCUT2D eigenvalue weighted by atomic mass is 10.0. The molecule has 1 heterocycles. The number of hydrogen-bond acceptors (Lipinski definition) is 3. The van der Waals surface area contributed by atoms with Crippen molar-refractivity contribution < 1.29 is 4.74 Å². The summed E-state index contributed by atoms with van der Waals surface area (Å²) in [4.78, 5) is 0. The smallest absolute Gasteiger partial charge is 0.0599 e. The number of ether oxygens (including phenoxy) is 1. The Morgan fingerprint density at radius 3 is 2.59 bits per heavy atom. The molecule has 1 rings (SSSR count). The SMILES string of the molecule is CCC(CC)CNCCCOC1CCNCC1. The van der Waals surface area contributed by atoms with E-state index < -0.39 is 0 Å². The molecule has 0 spiro atoms.